The Bertz CT molecular complexity index is 529. The van der Waals surface area contributed by atoms with Gasteiger partial charge in [-0.25, -0.2) is 4.98 Å². The fraction of sp³-hybridized carbons (Fsp3) is 0.273. The molecule has 0 amide bonds. The number of nitrogens with one attached hydrogen (secondary N) is 1. The summed E-state index contributed by atoms with van der Waals surface area (Å²) in [4.78, 5) is 4.26. The summed E-state index contributed by atoms with van der Waals surface area (Å²) in [6, 6.07) is 3.60. The third-order valence-electron chi connectivity index (χ3n) is 2.13. The molecular formula is C11H12N2O2. The Kier molecular flexibility index (Phi) is 2.19. The maximum Gasteiger partial charge on any atom is 0.192 e. The van der Waals surface area contributed by atoms with Crippen molar-refractivity contribution in [2.45, 2.75) is 20.8 Å². The van der Waals surface area contributed by atoms with Crippen LogP contribution in [0.2, 0.25) is 0 Å². The standard InChI is InChI=1S/C11H12N2O2/c1-6-9(14-7(2)12)4-5-10-11(6)13-8(3)15-10/h4-5,12H,1-3H3. The fourth-order valence-electron chi connectivity index (χ4n) is 1.49. The van der Waals surface area contributed by atoms with Crippen LogP contribution in [0.1, 0.15) is 18.4 Å². The van der Waals surface area contributed by atoms with Crippen molar-refractivity contribution >= 4 is 17.0 Å². The molecule has 2 rings (SSSR count). The van der Waals surface area contributed by atoms with E-state index in [4.69, 9.17) is 14.6 Å². The first-order chi connectivity index (χ1) is 7.08. The van der Waals surface area contributed by atoms with Crippen molar-refractivity contribution in [1.29, 1.82) is 5.41 Å². The van der Waals surface area contributed by atoms with Gasteiger partial charge in [0.1, 0.15) is 11.3 Å². The van der Waals surface area contributed by atoms with Crippen LogP contribution in [-0.4, -0.2) is 10.9 Å². The third kappa shape index (κ3) is 1.70. The summed E-state index contributed by atoms with van der Waals surface area (Å²) in [5.74, 6) is 1.46. The van der Waals surface area contributed by atoms with Crippen LogP contribution in [-0.2, 0) is 0 Å². The highest BCUT2D eigenvalue weighted by atomic mass is 16.5. The van der Waals surface area contributed by atoms with Crippen molar-refractivity contribution in [3.8, 4) is 5.75 Å². The van der Waals surface area contributed by atoms with E-state index in [-0.39, 0.29) is 5.90 Å². The number of ether oxygens (including phenoxy) is 1. The van der Waals surface area contributed by atoms with Crippen molar-refractivity contribution < 1.29 is 9.15 Å². The Morgan fingerprint density at radius 1 is 1.40 bits per heavy atom. The van der Waals surface area contributed by atoms with E-state index in [0.29, 0.717) is 11.6 Å². The summed E-state index contributed by atoms with van der Waals surface area (Å²) >= 11 is 0. The van der Waals surface area contributed by atoms with Crippen LogP contribution in [0.3, 0.4) is 0 Å². The number of hydrogen-bond donors (Lipinski definition) is 1. The minimum atomic E-state index is 0.165. The lowest BCUT2D eigenvalue weighted by atomic mass is 10.2. The molecule has 1 N–H and O–H groups in total. The molecule has 4 nitrogen and oxygen atoms in total. The van der Waals surface area contributed by atoms with Crippen molar-refractivity contribution in [2.24, 2.45) is 0 Å². The lowest BCUT2D eigenvalue weighted by Crippen LogP contribution is -2.01. The van der Waals surface area contributed by atoms with Crippen molar-refractivity contribution in [2.75, 3.05) is 0 Å². The molecule has 0 saturated heterocycles. The monoisotopic (exact) mass is 204 g/mol. The molecule has 78 valence electrons. The lowest BCUT2D eigenvalue weighted by Gasteiger charge is -2.05. The molecule has 1 aromatic heterocycles. The summed E-state index contributed by atoms with van der Waals surface area (Å²) < 4.78 is 10.7. The molecule has 0 bridgehead atoms. The summed E-state index contributed by atoms with van der Waals surface area (Å²) in [7, 11) is 0. The number of benzene rings is 1. The number of nitrogens with zero attached hydrogens (tertiary/aromatic N) is 1. The van der Waals surface area contributed by atoms with E-state index in [2.05, 4.69) is 4.98 Å². The Morgan fingerprint density at radius 2 is 2.13 bits per heavy atom. The molecule has 0 saturated carbocycles. The van der Waals surface area contributed by atoms with Crippen LogP contribution in [0.4, 0.5) is 0 Å². The highest BCUT2D eigenvalue weighted by molar-refractivity contribution is 5.81. The zero-order valence-corrected chi connectivity index (χ0v) is 8.92. The second-order valence-electron chi connectivity index (χ2n) is 3.43. The molecule has 2 aromatic rings. The molecule has 0 aliphatic heterocycles. The van der Waals surface area contributed by atoms with Crippen LogP contribution in [0, 0.1) is 19.3 Å². The smallest absolute Gasteiger partial charge is 0.192 e. The number of rotatable bonds is 1. The maximum absolute atomic E-state index is 7.28. The minimum Gasteiger partial charge on any atom is -0.444 e. The van der Waals surface area contributed by atoms with E-state index in [1.165, 1.54) is 0 Å². The second-order valence-corrected chi connectivity index (χ2v) is 3.43. The normalized spacial score (nSPS) is 10.6. The zero-order chi connectivity index (χ0) is 11.0. The largest absolute Gasteiger partial charge is 0.444 e. The van der Waals surface area contributed by atoms with E-state index < -0.39 is 0 Å². The van der Waals surface area contributed by atoms with E-state index in [0.717, 1.165) is 16.7 Å². The third-order valence-corrected chi connectivity index (χ3v) is 2.13. The number of aryl methyl sites for hydroxylation is 2. The molecule has 1 heterocycles. The Hall–Kier alpha value is -1.84. The van der Waals surface area contributed by atoms with Gasteiger partial charge in [-0.05, 0) is 19.1 Å². The molecule has 15 heavy (non-hydrogen) atoms. The topological polar surface area (TPSA) is 59.1 Å². The number of fused-ring (bicyclic) bond motifs is 1. The molecule has 0 aliphatic rings. The summed E-state index contributed by atoms with van der Waals surface area (Å²) in [6.45, 7) is 5.31. The highest BCUT2D eigenvalue weighted by Crippen LogP contribution is 2.27. The van der Waals surface area contributed by atoms with E-state index in [1.807, 2.05) is 13.8 Å². The SMILES string of the molecule is CC(=N)Oc1ccc2oc(C)nc2c1C. The zero-order valence-electron chi connectivity index (χ0n) is 8.92. The van der Waals surface area contributed by atoms with Crippen LogP contribution < -0.4 is 4.74 Å². The second kappa shape index (κ2) is 3.38. The Morgan fingerprint density at radius 3 is 2.80 bits per heavy atom. The molecule has 0 spiro atoms. The van der Waals surface area contributed by atoms with Gasteiger partial charge in [-0.1, -0.05) is 0 Å². The number of oxazole rings is 1. The molecule has 0 radical (unpaired) electrons. The van der Waals surface area contributed by atoms with Gasteiger partial charge in [0.15, 0.2) is 17.4 Å². The summed E-state index contributed by atoms with van der Waals surface area (Å²) in [6.07, 6.45) is 0. The predicted molar refractivity (Wildman–Crippen MR) is 57.5 cm³/mol. The number of hydrogen-bond acceptors (Lipinski definition) is 4. The van der Waals surface area contributed by atoms with Gasteiger partial charge in [0.05, 0.1) is 0 Å². The average Bonchev–Trinajstić information content (AvgIpc) is 2.51. The van der Waals surface area contributed by atoms with Gasteiger partial charge in [-0.3, -0.25) is 5.41 Å². The van der Waals surface area contributed by atoms with Crippen LogP contribution in [0.5, 0.6) is 5.75 Å². The first-order valence-corrected chi connectivity index (χ1v) is 4.67. The highest BCUT2D eigenvalue weighted by Gasteiger charge is 2.10. The molecule has 0 fully saturated rings. The van der Waals surface area contributed by atoms with Gasteiger partial charge in [0.25, 0.3) is 0 Å². The summed E-state index contributed by atoms with van der Waals surface area (Å²) in [5, 5.41) is 7.28. The first kappa shape index (κ1) is 9.71. The minimum absolute atomic E-state index is 0.165. The fourth-order valence-corrected chi connectivity index (χ4v) is 1.49. The predicted octanol–water partition coefficient (Wildman–Crippen LogP) is 2.82. The molecule has 0 unspecified atom stereocenters. The van der Waals surface area contributed by atoms with Crippen molar-refractivity contribution in [1.82, 2.24) is 4.98 Å². The quantitative estimate of drug-likeness (QED) is 0.574. The maximum atomic E-state index is 7.28. The first-order valence-electron chi connectivity index (χ1n) is 4.67. The van der Waals surface area contributed by atoms with Gasteiger partial charge in [0, 0.05) is 19.4 Å². The van der Waals surface area contributed by atoms with Gasteiger partial charge < -0.3 is 9.15 Å². The van der Waals surface area contributed by atoms with Crippen LogP contribution in [0.25, 0.3) is 11.1 Å². The van der Waals surface area contributed by atoms with E-state index in [9.17, 15) is 0 Å². The van der Waals surface area contributed by atoms with Crippen molar-refractivity contribution in [3.05, 3.63) is 23.6 Å². The molecule has 0 aliphatic carbocycles. The van der Waals surface area contributed by atoms with Crippen LogP contribution in [0.15, 0.2) is 16.5 Å². The number of aromatic nitrogens is 1. The van der Waals surface area contributed by atoms with Crippen LogP contribution >= 0.6 is 0 Å². The molecule has 4 heteroatoms. The molecule has 0 atom stereocenters. The van der Waals surface area contributed by atoms with Crippen molar-refractivity contribution in [3.63, 3.8) is 0 Å². The van der Waals surface area contributed by atoms with Gasteiger partial charge in [-0.2, -0.15) is 0 Å². The van der Waals surface area contributed by atoms with E-state index in [1.54, 1.807) is 19.1 Å². The molecular weight excluding hydrogens is 192 g/mol. The Labute approximate surface area is 87.4 Å². The van der Waals surface area contributed by atoms with E-state index >= 15 is 0 Å². The summed E-state index contributed by atoms with van der Waals surface area (Å²) in [5.41, 5.74) is 2.45. The van der Waals surface area contributed by atoms with Gasteiger partial charge in [0.2, 0.25) is 0 Å². The van der Waals surface area contributed by atoms with Gasteiger partial charge >= 0.3 is 0 Å². The average molecular weight is 204 g/mol. The Balaban J connectivity index is 2.58. The lowest BCUT2D eigenvalue weighted by molar-refractivity contribution is 0.537. The van der Waals surface area contributed by atoms with Gasteiger partial charge in [-0.15, -0.1) is 0 Å². The molecule has 1 aromatic carbocycles.